The van der Waals surface area contributed by atoms with E-state index in [2.05, 4.69) is 10.6 Å². The third kappa shape index (κ3) is 8.71. The number of amides is 2. The smallest absolute Gasteiger partial charge is 0.408 e. The first-order valence-corrected chi connectivity index (χ1v) is 11.8. The van der Waals surface area contributed by atoms with Gasteiger partial charge in [0.05, 0.1) is 11.4 Å². The number of nitrogens with one attached hydrogen (secondary N) is 2. The van der Waals surface area contributed by atoms with Crippen LogP contribution in [0.4, 0.5) is 4.79 Å². The van der Waals surface area contributed by atoms with Gasteiger partial charge in [-0.25, -0.2) is 9.59 Å². The van der Waals surface area contributed by atoms with Crippen LogP contribution in [0.15, 0.2) is 72.8 Å². The summed E-state index contributed by atoms with van der Waals surface area (Å²) in [6.45, 7) is 1.32. The molecular formula is C26H26N2O6S. The van der Waals surface area contributed by atoms with Crippen molar-refractivity contribution in [3.8, 4) is 0 Å². The van der Waals surface area contributed by atoms with Crippen molar-refractivity contribution in [1.29, 1.82) is 0 Å². The third-order valence-electron chi connectivity index (χ3n) is 4.87. The molecule has 3 rings (SSSR count). The van der Waals surface area contributed by atoms with E-state index in [1.165, 1.54) is 18.3 Å². The predicted octanol–water partition coefficient (Wildman–Crippen LogP) is 3.65. The van der Waals surface area contributed by atoms with E-state index in [-0.39, 0.29) is 24.7 Å². The molecule has 8 nitrogen and oxygen atoms in total. The monoisotopic (exact) mass is 494 g/mol. The Hall–Kier alpha value is -3.98. The number of ether oxygens (including phenoxy) is 2. The molecule has 35 heavy (non-hydrogen) atoms. The van der Waals surface area contributed by atoms with Gasteiger partial charge in [0.1, 0.15) is 12.6 Å². The molecule has 0 bridgehead atoms. The molecule has 0 aliphatic heterocycles. The van der Waals surface area contributed by atoms with Gasteiger partial charge in [-0.1, -0.05) is 60.7 Å². The van der Waals surface area contributed by atoms with Gasteiger partial charge in [0, 0.05) is 18.2 Å². The fourth-order valence-electron chi connectivity index (χ4n) is 3.09. The Morgan fingerprint density at radius 3 is 2.17 bits per heavy atom. The van der Waals surface area contributed by atoms with Crippen LogP contribution in [0.2, 0.25) is 0 Å². The molecule has 3 aromatic rings. The van der Waals surface area contributed by atoms with E-state index in [9.17, 15) is 19.2 Å². The lowest BCUT2D eigenvalue weighted by molar-refractivity contribution is -0.144. The number of carbonyl (C=O) groups is 4. The standard InChI is InChI=1S/C26H26N2O6S/c1-18(29)27-15-21-12-13-24(35-21)23(30)17-33-25(31)22(14-19-8-4-2-5-9-19)28-26(32)34-16-20-10-6-3-7-11-20/h2-13,22H,14-17H2,1H3,(H,27,29)(H,28,32)/t22-/m0/s1. The van der Waals surface area contributed by atoms with Crippen molar-refractivity contribution in [2.24, 2.45) is 0 Å². The Labute approximate surface area is 207 Å². The number of hydrogen-bond donors (Lipinski definition) is 2. The van der Waals surface area contributed by atoms with Gasteiger partial charge in [-0.15, -0.1) is 11.3 Å². The van der Waals surface area contributed by atoms with E-state index in [1.807, 2.05) is 60.7 Å². The highest BCUT2D eigenvalue weighted by Gasteiger charge is 2.25. The minimum atomic E-state index is -1.04. The number of Topliss-reactive ketones (excluding diaryl/α,β-unsaturated/α-hetero) is 1. The maximum absolute atomic E-state index is 12.8. The van der Waals surface area contributed by atoms with Crippen LogP contribution in [0.3, 0.4) is 0 Å². The Morgan fingerprint density at radius 2 is 1.51 bits per heavy atom. The van der Waals surface area contributed by atoms with Crippen molar-refractivity contribution < 1.29 is 28.7 Å². The Balaban J connectivity index is 1.57. The lowest BCUT2D eigenvalue weighted by Crippen LogP contribution is -2.44. The first-order valence-electron chi connectivity index (χ1n) is 10.9. The van der Waals surface area contributed by atoms with Gasteiger partial charge in [-0.2, -0.15) is 0 Å². The second-order valence-electron chi connectivity index (χ2n) is 7.65. The molecule has 182 valence electrons. The van der Waals surface area contributed by atoms with Crippen LogP contribution in [0.25, 0.3) is 0 Å². The largest absolute Gasteiger partial charge is 0.456 e. The molecule has 0 aliphatic rings. The molecule has 0 saturated heterocycles. The molecule has 9 heteroatoms. The second kappa shape index (κ2) is 13.0. The molecule has 0 radical (unpaired) electrons. The van der Waals surface area contributed by atoms with E-state index in [1.54, 1.807) is 12.1 Å². The van der Waals surface area contributed by atoms with E-state index in [0.29, 0.717) is 11.4 Å². The van der Waals surface area contributed by atoms with Crippen LogP contribution in [0.5, 0.6) is 0 Å². The van der Waals surface area contributed by atoms with Crippen molar-refractivity contribution in [3.05, 3.63) is 93.7 Å². The van der Waals surface area contributed by atoms with Gasteiger partial charge in [0.15, 0.2) is 6.61 Å². The molecular weight excluding hydrogens is 468 g/mol. The van der Waals surface area contributed by atoms with Crippen LogP contribution in [0.1, 0.15) is 32.6 Å². The van der Waals surface area contributed by atoms with Gasteiger partial charge in [0.2, 0.25) is 11.7 Å². The SMILES string of the molecule is CC(=O)NCc1ccc(C(=O)COC(=O)[C@H](Cc2ccccc2)NC(=O)OCc2ccccc2)s1. The molecule has 0 fully saturated rings. The minimum absolute atomic E-state index is 0.0530. The van der Waals surface area contributed by atoms with Gasteiger partial charge >= 0.3 is 12.1 Å². The third-order valence-corrected chi connectivity index (χ3v) is 5.99. The zero-order chi connectivity index (χ0) is 25.0. The quantitative estimate of drug-likeness (QED) is 0.311. The summed E-state index contributed by atoms with van der Waals surface area (Å²) in [7, 11) is 0. The average molecular weight is 495 g/mol. The Bertz CT molecular complexity index is 1150. The summed E-state index contributed by atoms with van der Waals surface area (Å²) in [4.78, 5) is 49.9. The maximum Gasteiger partial charge on any atom is 0.408 e. The molecule has 1 atom stereocenters. The summed E-state index contributed by atoms with van der Waals surface area (Å²) in [5.74, 6) is -1.28. The summed E-state index contributed by atoms with van der Waals surface area (Å²) < 4.78 is 10.5. The van der Waals surface area contributed by atoms with Crippen LogP contribution in [-0.4, -0.2) is 36.4 Å². The molecule has 0 aliphatic carbocycles. The topological polar surface area (TPSA) is 111 Å². The number of benzene rings is 2. The number of ketones is 1. The predicted molar refractivity (Wildman–Crippen MR) is 131 cm³/mol. The summed E-state index contributed by atoms with van der Waals surface area (Å²) >= 11 is 1.22. The molecule has 0 spiro atoms. The minimum Gasteiger partial charge on any atom is -0.456 e. The van der Waals surface area contributed by atoms with E-state index < -0.39 is 24.7 Å². The molecule has 2 amide bonds. The van der Waals surface area contributed by atoms with Crippen molar-refractivity contribution in [3.63, 3.8) is 0 Å². The zero-order valence-corrected chi connectivity index (χ0v) is 20.0. The fourth-order valence-corrected chi connectivity index (χ4v) is 3.96. The molecule has 0 saturated carbocycles. The second-order valence-corrected chi connectivity index (χ2v) is 8.82. The first-order chi connectivity index (χ1) is 16.9. The van der Waals surface area contributed by atoms with Crippen LogP contribution < -0.4 is 10.6 Å². The fraction of sp³-hybridized carbons (Fsp3) is 0.231. The van der Waals surface area contributed by atoms with E-state index in [0.717, 1.165) is 16.0 Å². The van der Waals surface area contributed by atoms with Gasteiger partial charge in [-0.3, -0.25) is 9.59 Å². The summed E-state index contributed by atoms with van der Waals surface area (Å²) in [5.41, 5.74) is 1.62. The van der Waals surface area contributed by atoms with Crippen molar-refractivity contribution >= 4 is 35.1 Å². The summed E-state index contributed by atoms with van der Waals surface area (Å²) in [6, 6.07) is 20.6. The highest BCUT2D eigenvalue weighted by molar-refractivity contribution is 7.14. The number of alkyl carbamates (subject to hydrolysis) is 1. The molecule has 2 N–H and O–H groups in total. The summed E-state index contributed by atoms with van der Waals surface area (Å²) in [6.07, 6.45) is -0.590. The average Bonchev–Trinajstić information content (AvgIpc) is 3.35. The van der Waals surface area contributed by atoms with E-state index in [4.69, 9.17) is 9.47 Å². The van der Waals surface area contributed by atoms with Gasteiger partial charge in [0.25, 0.3) is 0 Å². The maximum atomic E-state index is 12.8. The van der Waals surface area contributed by atoms with E-state index >= 15 is 0 Å². The Morgan fingerprint density at radius 1 is 0.857 bits per heavy atom. The van der Waals surface area contributed by atoms with Crippen LogP contribution in [0, 0.1) is 0 Å². The normalized spacial score (nSPS) is 11.2. The first kappa shape index (κ1) is 25.6. The number of thiophene rings is 1. The molecule has 1 aromatic heterocycles. The number of carbonyl (C=O) groups excluding carboxylic acids is 4. The summed E-state index contributed by atoms with van der Waals surface area (Å²) in [5, 5.41) is 5.21. The lowest BCUT2D eigenvalue weighted by atomic mass is 10.1. The van der Waals surface area contributed by atoms with Gasteiger partial charge in [-0.05, 0) is 23.3 Å². The molecule has 1 heterocycles. The number of rotatable bonds is 11. The van der Waals surface area contributed by atoms with Crippen LogP contribution in [-0.2, 0) is 38.6 Å². The number of esters is 1. The highest BCUT2D eigenvalue weighted by atomic mass is 32.1. The highest BCUT2D eigenvalue weighted by Crippen LogP contribution is 2.17. The lowest BCUT2D eigenvalue weighted by Gasteiger charge is -2.17. The van der Waals surface area contributed by atoms with Crippen molar-refractivity contribution in [1.82, 2.24) is 10.6 Å². The van der Waals surface area contributed by atoms with Gasteiger partial charge < -0.3 is 20.1 Å². The molecule has 2 aromatic carbocycles. The van der Waals surface area contributed by atoms with Crippen molar-refractivity contribution in [2.45, 2.75) is 32.5 Å². The number of hydrogen-bond acceptors (Lipinski definition) is 7. The zero-order valence-electron chi connectivity index (χ0n) is 19.2. The van der Waals surface area contributed by atoms with Crippen LogP contribution >= 0.6 is 11.3 Å². The Kier molecular flexibility index (Phi) is 9.56. The van der Waals surface area contributed by atoms with Crippen molar-refractivity contribution in [2.75, 3.05) is 6.61 Å². The molecule has 0 unspecified atom stereocenters.